The Balaban J connectivity index is 0.00000353. The minimum Gasteiger partial charge on any atom is -0.508 e. The van der Waals surface area contributed by atoms with Crippen LogP contribution in [0, 0.1) is 0 Å². The Labute approximate surface area is 236 Å². The van der Waals surface area contributed by atoms with Crippen LogP contribution in [0.5, 0.6) is 23.0 Å². The number of rotatable bonds is 7. The summed E-state index contributed by atoms with van der Waals surface area (Å²) in [6.45, 7) is 8.04. The van der Waals surface area contributed by atoms with Gasteiger partial charge in [-0.25, -0.2) is 4.98 Å². The molecule has 4 aromatic rings. The van der Waals surface area contributed by atoms with E-state index in [1.807, 2.05) is 76.2 Å². The fourth-order valence-corrected chi connectivity index (χ4v) is 5.15. The van der Waals surface area contributed by atoms with Crippen molar-refractivity contribution in [1.82, 2.24) is 15.3 Å². The van der Waals surface area contributed by atoms with Gasteiger partial charge in [-0.1, -0.05) is 44.7 Å². The summed E-state index contributed by atoms with van der Waals surface area (Å²) in [6, 6.07) is 18.4. The molecule has 1 saturated heterocycles. The number of hydrogen-bond acceptors (Lipinski definition) is 7. The number of imide groups is 1. The number of imidazole rings is 1. The minimum atomic E-state index is -0.396. The number of nitrogens with zero attached hydrogens (tertiary/aromatic N) is 1. The number of carbonyl (C=O) groups is 2. The van der Waals surface area contributed by atoms with E-state index in [-0.39, 0.29) is 40.8 Å². The average molecular weight is 568 g/mol. The predicted molar refractivity (Wildman–Crippen MR) is 154 cm³/mol. The Morgan fingerprint density at radius 1 is 1.00 bits per heavy atom. The van der Waals surface area contributed by atoms with Crippen molar-refractivity contribution in [3.8, 4) is 23.0 Å². The van der Waals surface area contributed by atoms with E-state index < -0.39 is 5.25 Å². The molecular weight excluding hydrogens is 538 g/mol. The maximum Gasteiger partial charge on any atom is 0.286 e. The van der Waals surface area contributed by atoms with Gasteiger partial charge in [-0.2, -0.15) is 0 Å². The highest BCUT2D eigenvalue weighted by Crippen LogP contribution is 2.35. The Hall–Kier alpha value is -3.69. The highest BCUT2D eigenvalue weighted by molar-refractivity contribution is 8.15. The van der Waals surface area contributed by atoms with Crippen LogP contribution in [-0.2, 0) is 16.6 Å². The summed E-state index contributed by atoms with van der Waals surface area (Å²) in [7, 11) is 0. The number of hydrogen-bond donors (Lipinski definition) is 3. The molecule has 5 rings (SSSR count). The molecule has 2 atom stereocenters. The normalized spacial score (nSPS) is 16.1. The summed E-state index contributed by atoms with van der Waals surface area (Å²) >= 11 is 1.02. The smallest absolute Gasteiger partial charge is 0.286 e. The Bertz CT molecular complexity index is 1510. The van der Waals surface area contributed by atoms with Crippen molar-refractivity contribution in [3.05, 3.63) is 77.6 Å². The summed E-state index contributed by atoms with van der Waals surface area (Å²) in [6.07, 6.45) is 0.145. The third-order valence-electron chi connectivity index (χ3n) is 6.29. The van der Waals surface area contributed by atoms with Gasteiger partial charge in [0.1, 0.15) is 28.8 Å². The van der Waals surface area contributed by atoms with Gasteiger partial charge >= 0.3 is 0 Å². The minimum absolute atomic E-state index is 0. The molecule has 2 amide bonds. The number of aromatic hydroxyl groups is 1. The van der Waals surface area contributed by atoms with Gasteiger partial charge in [-0.05, 0) is 66.8 Å². The quantitative estimate of drug-likeness (QED) is 0.225. The molecule has 2 heterocycles. The van der Waals surface area contributed by atoms with Crippen LogP contribution < -0.4 is 14.8 Å². The fraction of sp³-hybridized carbons (Fsp3) is 0.276. The van der Waals surface area contributed by atoms with Crippen molar-refractivity contribution >= 4 is 46.3 Å². The molecule has 3 N–H and O–H groups in total. The van der Waals surface area contributed by atoms with Crippen LogP contribution in [-0.4, -0.2) is 31.5 Å². The molecular formula is C29H30ClN3O5S. The number of nitrogens with one attached hydrogen (secondary N) is 2. The first-order valence-electron chi connectivity index (χ1n) is 12.3. The first-order valence-corrected chi connectivity index (χ1v) is 13.2. The second kappa shape index (κ2) is 11.2. The van der Waals surface area contributed by atoms with E-state index in [1.165, 1.54) is 0 Å². The van der Waals surface area contributed by atoms with Gasteiger partial charge in [0.2, 0.25) is 5.91 Å². The number of aromatic nitrogens is 2. The van der Waals surface area contributed by atoms with Crippen LogP contribution in [0.25, 0.3) is 11.0 Å². The van der Waals surface area contributed by atoms with E-state index in [2.05, 4.69) is 15.3 Å². The molecule has 1 aromatic heterocycles. The van der Waals surface area contributed by atoms with E-state index in [0.29, 0.717) is 29.5 Å². The Morgan fingerprint density at radius 3 is 2.33 bits per heavy atom. The average Bonchev–Trinajstić information content (AvgIpc) is 3.42. The van der Waals surface area contributed by atoms with Crippen LogP contribution in [0.1, 0.15) is 50.8 Å². The van der Waals surface area contributed by atoms with E-state index in [9.17, 15) is 14.7 Å². The van der Waals surface area contributed by atoms with Gasteiger partial charge in [-0.3, -0.25) is 14.9 Å². The number of fused-ring (bicyclic) bond motifs is 1. The summed E-state index contributed by atoms with van der Waals surface area (Å²) in [5.41, 5.74) is 3.17. The number of ether oxygens (including phenoxy) is 2. The molecule has 10 heteroatoms. The molecule has 1 aliphatic heterocycles. The zero-order chi connectivity index (χ0) is 27.0. The number of phenolic OH excluding ortho intramolecular Hbond substituents is 1. The summed E-state index contributed by atoms with van der Waals surface area (Å²) < 4.78 is 12.2. The van der Waals surface area contributed by atoms with Crippen molar-refractivity contribution in [2.24, 2.45) is 0 Å². The van der Waals surface area contributed by atoms with Crippen molar-refractivity contribution in [3.63, 3.8) is 0 Å². The van der Waals surface area contributed by atoms with Gasteiger partial charge in [0.05, 0.1) is 16.3 Å². The fourth-order valence-electron chi connectivity index (χ4n) is 4.29. The second-order valence-corrected chi connectivity index (χ2v) is 11.5. The van der Waals surface area contributed by atoms with E-state index >= 15 is 0 Å². The van der Waals surface area contributed by atoms with Crippen molar-refractivity contribution < 1.29 is 24.2 Å². The van der Waals surface area contributed by atoms with Gasteiger partial charge in [0.25, 0.3) is 5.24 Å². The number of carbonyl (C=O) groups excluding carboxylic acids is 2. The number of benzene rings is 3. The monoisotopic (exact) mass is 567 g/mol. The van der Waals surface area contributed by atoms with Crippen LogP contribution in [0.15, 0.2) is 60.7 Å². The molecule has 1 fully saturated rings. The van der Waals surface area contributed by atoms with E-state index in [1.54, 1.807) is 12.1 Å². The highest BCUT2D eigenvalue weighted by Gasteiger charge is 2.31. The van der Waals surface area contributed by atoms with Crippen LogP contribution in [0.2, 0.25) is 0 Å². The molecule has 0 saturated carbocycles. The molecule has 0 radical (unpaired) electrons. The molecule has 0 aliphatic carbocycles. The summed E-state index contributed by atoms with van der Waals surface area (Å²) in [4.78, 5) is 31.2. The molecule has 204 valence electrons. The first kappa shape index (κ1) is 28.3. The predicted octanol–water partition coefficient (Wildman–Crippen LogP) is 6.81. The highest BCUT2D eigenvalue weighted by atomic mass is 35.5. The topological polar surface area (TPSA) is 114 Å². The molecule has 0 bridgehead atoms. The van der Waals surface area contributed by atoms with Gasteiger partial charge < -0.3 is 19.6 Å². The van der Waals surface area contributed by atoms with Crippen molar-refractivity contribution in [2.75, 3.05) is 0 Å². The molecule has 3 aromatic carbocycles. The largest absolute Gasteiger partial charge is 0.508 e. The zero-order valence-electron chi connectivity index (χ0n) is 22.0. The summed E-state index contributed by atoms with van der Waals surface area (Å²) in [5, 5.41) is 11.8. The van der Waals surface area contributed by atoms with Crippen LogP contribution in [0.3, 0.4) is 0 Å². The molecule has 1 aliphatic rings. The number of amides is 2. The Kier molecular flexibility index (Phi) is 8.13. The number of aromatic amines is 1. The number of phenols is 1. The van der Waals surface area contributed by atoms with Gasteiger partial charge in [0, 0.05) is 11.6 Å². The molecule has 0 spiro atoms. The van der Waals surface area contributed by atoms with Crippen molar-refractivity contribution in [2.45, 2.75) is 50.9 Å². The molecule has 8 nitrogen and oxygen atoms in total. The summed E-state index contributed by atoms with van der Waals surface area (Å²) in [5.74, 6) is 2.65. The lowest BCUT2D eigenvalue weighted by Crippen LogP contribution is -2.25. The third kappa shape index (κ3) is 6.49. The zero-order valence-corrected chi connectivity index (χ0v) is 23.6. The second-order valence-electron chi connectivity index (χ2n) is 10.3. The lowest BCUT2D eigenvalue weighted by Gasteiger charge is -2.21. The van der Waals surface area contributed by atoms with Crippen molar-refractivity contribution in [1.29, 1.82) is 0 Å². The lowest BCUT2D eigenvalue weighted by atomic mass is 9.86. The van der Waals surface area contributed by atoms with Gasteiger partial charge in [-0.15, -0.1) is 12.4 Å². The maximum absolute atomic E-state index is 11.8. The maximum atomic E-state index is 11.8. The molecule has 2 unspecified atom stereocenters. The third-order valence-corrected chi connectivity index (χ3v) is 7.27. The number of H-pyrrole nitrogens is 1. The van der Waals surface area contributed by atoms with Crippen LogP contribution in [0.4, 0.5) is 4.79 Å². The SMILES string of the molecule is CC(Oc1ccc(CC2SC(=O)NC2=O)cc1)c1nc2ccc(Oc3ccc(O)c(C(C)(C)C)c3)cc2[nH]1.Cl. The van der Waals surface area contributed by atoms with Gasteiger partial charge in [0.15, 0.2) is 6.10 Å². The standard InChI is InChI=1S/C29H29N3O5S.ClH/c1-16(36-18-7-5-17(6-8-18)13-25-27(34)32-28(35)38-25)26-30-22-11-9-20(15-23(22)31-26)37-19-10-12-24(33)21(14-19)29(2,3)4;/h5-12,14-16,25,33H,13H2,1-4H3,(H,30,31)(H,32,34,35);1H. The van der Waals surface area contributed by atoms with E-state index in [4.69, 9.17) is 9.47 Å². The van der Waals surface area contributed by atoms with E-state index in [0.717, 1.165) is 33.9 Å². The number of thioether (sulfide) groups is 1. The lowest BCUT2D eigenvalue weighted by molar-refractivity contribution is -0.118. The Morgan fingerprint density at radius 2 is 1.67 bits per heavy atom. The number of halogens is 1. The first-order chi connectivity index (χ1) is 18.0. The molecule has 39 heavy (non-hydrogen) atoms. The van der Waals surface area contributed by atoms with Crippen LogP contribution >= 0.6 is 24.2 Å².